The van der Waals surface area contributed by atoms with Gasteiger partial charge in [0.05, 0.1) is 29.0 Å². The third-order valence-corrected chi connectivity index (χ3v) is 4.25. The standard InChI is InChI=1S/C14H26O3/c1-12(2)8-6-11(16-12)14(5)9-7-10(17-14)13(3,4)15/h10-11,15H,6-9H2,1-5H3/t10-,11+,14-/m0/s1. The van der Waals surface area contributed by atoms with E-state index in [9.17, 15) is 5.11 Å². The third-order valence-electron chi connectivity index (χ3n) is 4.25. The van der Waals surface area contributed by atoms with Gasteiger partial charge in [-0.05, 0) is 60.3 Å². The van der Waals surface area contributed by atoms with Crippen molar-refractivity contribution in [3.63, 3.8) is 0 Å². The maximum absolute atomic E-state index is 10.0. The van der Waals surface area contributed by atoms with E-state index in [0.717, 1.165) is 25.7 Å². The Morgan fingerprint density at radius 3 is 2.12 bits per heavy atom. The van der Waals surface area contributed by atoms with E-state index in [-0.39, 0.29) is 23.4 Å². The Morgan fingerprint density at radius 1 is 1.06 bits per heavy atom. The summed E-state index contributed by atoms with van der Waals surface area (Å²) in [6, 6.07) is 0. The minimum atomic E-state index is -0.758. The molecule has 3 heteroatoms. The molecule has 0 saturated carbocycles. The molecule has 2 heterocycles. The van der Waals surface area contributed by atoms with Gasteiger partial charge in [0.2, 0.25) is 0 Å². The van der Waals surface area contributed by atoms with Gasteiger partial charge in [0.25, 0.3) is 0 Å². The van der Waals surface area contributed by atoms with Gasteiger partial charge in [-0.3, -0.25) is 0 Å². The fourth-order valence-corrected chi connectivity index (χ4v) is 3.01. The summed E-state index contributed by atoms with van der Waals surface area (Å²) in [5.41, 5.74) is -1.01. The third kappa shape index (κ3) is 2.67. The zero-order valence-corrected chi connectivity index (χ0v) is 11.7. The second-order valence-corrected chi connectivity index (χ2v) is 7.02. The molecule has 0 aromatic rings. The lowest BCUT2D eigenvalue weighted by atomic mass is 9.91. The van der Waals surface area contributed by atoms with Crippen molar-refractivity contribution in [3.8, 4) is 0 Å². The summed E-state index contributed by atoms with van der Waals surface area (Å²) in [5, 5.41) is 10.0. The van der Waals surface area contributed by atoms with Crippen molar-refractivity contribution in [1.82, 2.24) is 0 Å². The number of rotatable bonds is 2. The van der Waals surface area contributed by atoms with Crippen LogP contribution in [0.4, 0.5) is 0 Å². The predicted molar refractivity (Wildman–Crippen MR) is 67.0 cm³/mol. The average molecular weight is 242 g/mol. The Balaban J connectivity index is 2.03. The summed E-state index contributed by atoms with van der Waals surface area (Å²) in [6.07, 6.45) is 4.14. The first-order chi connectivity index (χ1) is 7.62. The van der Waals surface area contributed by atoms with Gasteiger partial charge in [-0.1, -0.05) is 0 Å². The second-order valence-electron chi connectivity index (χ2n) is 7.02. The Morgan fingerprint density at radius 2 is 1.71 bits per heavy atom. The van der Waals surface area contributed by atoms with E-state index in [1.165, 1.54) is 0 Å². The van der Waals surface area contributed by atoms with Crippen LogP contribution in [0.15, 0.2) is 0 Å². The van der Waals surface area contributed by atoms with Gasteiger partial charge in [-0.25, -0.2) is 0 Å². The molecule has 1 N–H and O–H groups in total. The summed E-state index contributed by atoms with van der Waals surface area (Å²) in [7, 11) is 0. The summed E-state index contributed by atoms with van der Waals surface area (Å²) in [6.45, 7) is 10.0. The predicted octanol–water partition coefficient (Wildman–Crippen LogP) is 2.65. The van der Waals surface area contributed by atoms with Gasteiger partial charge < -0.3 is 14.6 Å². The van der Waals surface area contributed by atoms with Crippen LogP contribution in [0.25, 0.3) is 0 Å². The van der Waals surface area contributed by atoms with E-state index < -0.39 is 5.60 Å². The van der Waals surface area contributed by atoms with Gasteiger partial charge >= 0.3 is 0 Å². The van der Waals surface area contributed by atoms with E-state index in [2.05, 4.69) is 20.8 Å². The highest BCUT2D eigenvalue weighted by Crippen LogP contribution is 2.44. The van der Waals surface area contributed by atoms with Crippen LogP contribution < -0.4 is 0 Å². The first-order valence-corrected chi connectivity index (χ1v) is 6.70. The first-order valence-electron chi connectivity index (χ1n) is 6.70. The fraction of sp³-hybridized carbons (Fsp3) is 1.00. The molecule has 17 heavy (non-hydrogen) atoms. The molecular weight excluding hydrogens is 216 g/mol. The summed E-state index contributed by atoms with van der Waals surface area (Å²) in [4.78, 5) is 0. The molecule has 2 fully saturated rings. The SMILES string of the molecule is CC1(C)CC[C@H]([C@]2(C)CC[C@@H](C(C)(C)O)O2)O1. The minimum absolute atomic E-state index is 0.0240. The summed E-state index contributed by atoms with van der Waals surface area (Å²) >= 11 is 0. The highest BCUT2D eigenvalue weighted by molar-refractivity contribution is 4.99. The molecule has 0 aromatic carbocycles. The van der Waals surface area contributed by atoms with Crippen molar-refractivity contribution in [3.05, 3.63) is 0 Å². The summed E-state index contributed by atoms with van der Waals surface area (Å²) in [5.74, 6) is 0. The second kappa shape index (κ2) is 3.94. The maximum atomic E-state index is 10.0. The fourth-order valence-electron chi connectivity index (χ4n) is 3.01. The highest BCUT2D eigenvalue weighted by Gasteiger charge is 2.50. The average Bonchev–Trinajstić information content (AvgIpc) is 2.69. The van der Waals surface area contributed by atoms with Crippen LogP contribution in [0, 0.1) is 0 Å². The molecule has 2 rings (SSSR count). The molecular formula is C14H26O3. The van der Waals surface area contributed by atoms with Crippen molar-refractivity contribution in [2.45, 2.75) is 89.3 Å². The molecule has 0 radical (unpaired) electrons. The quantitative estimate of drug-likeness (QED) is 0.809. The number of hydrogen-bond donors (Lipinski definition) is 1. The lowest BCUT2D eigenvalue weighted by Crippen LogP contribution is -2.44. The van der Waals surface area contributed by atoms with Gasteiger partial charge in [0, 0.05) is 0 Å². The number of hydrogen-bond acceptors (Lipinski definition) is 3. The Bertz CT molecular complexity index is 292. The zero-order chi connectivity index (χ0) is 12.9. The van der Waals surface area contributed by atoms with Crippen molar-refractivity contribution >= 4 is 0 Å². The maximum Gasteiger partial charge on any atom is 0.0921 e. The van der Waals surface area contributed by atoms with Crippen LogP contribution in [-0.2, 0) is 9.47 Å². The molecule has 100 valence electrons. The molecule has 2 aliphatic heterocycles. The largest absolute Gasteiger partial charge is 0.388 e. The van der Waals surface area contributed by atoms with Crippen LogP contribution >= 0.6 is 0 Å². The smallest absolute Gasteiger partial charge is 0.0921 e. The monoisotopic (exact) mass is 242 g/mol. The highest BCUT2D eigenvalue weighted by atomic mass is 16.6. The molecule has 0 aromatic heterocycles. The van der Waals surface area contributed by atoms with Crippen LogP contribution in [0.5, 0.6) is 0 Å². The molecule has 3 nitrogen and oxygen atoms in total. The van der Waals surface area contributed by atoms with Crippen LogP contribution in [0.3, 0.4) is 0 Å². The van der Waals surface area contributed by atoms with Crippen LogP contribution in [0.1, 0.15) is 60.3 Å². The minimum Gasteiger partial charge on any atom is -0.388 e. The van der Waals surface area contributed by atoms with E-state index in [0.29, 0.717) is 0 Å². The molecule has 0 amide bonds. The molecule has 0 aliphatic carbocycles. The Hall–Kier alpha value is -0.120. The van der Waals surface area contributed by atoms with Gasteiger partial charge in [-0.2, -0.15) is 0 Å². The van der Waals surface area contributed by atoms with Crippen molar-refractivity contribution < 1.29 is 14.6 Å². The molecule has 0 unspecified atom stereocenters. The molecule has 0 spiro atoms. The molecule has 2 saturated heterocycles. The lowest BCUT2D eigenvalue weighted by molar-refractivity contribution is -0.172. The van der Waals surface area contributed by atoms with Gasteiger partial charge in [0.1, 0.15) is 0 Å². The van der Waals surface area contributed by atoms with Gasteiger partial charge in [0.15, 0.2) is 0 Å². The van der Waals surface area contributed by atoms with E-state index in [1.54, 1.807) is 0 Å². The zero-order valence-electron chi connectivity index (χ0n) is 11.7. The van der Waals surface area contributed by atoms with Crippen LogP contribution in [-0.4, -0.2) is 34.1 Å². The normalized spacial score (nSPS) is 42.0. The molecule has 2 aliphatic rings. The van der Waals surface area contributed by atoms with E-state index in [1.807, 2.05) is 13.8 Å². The van der Waals surface area contributed by atoms with Crippen LogP contribution in [0.2, 0.25) is 0 Å². The summed E-state index contributed by atoms with van der Waals surface area (Å²) < 4.78 is 12.2. The van der Waals surface area contributed by atoms with Crippen molar-refractivity contribution in [1.29, 1.82) is 0 Å². The Labute approximate surface area is 104 Å². The van der Waals surface area contributed by atoms with E-state index >= 15 is 0 Å². The Kier molecular flexibility index (Phi) is 3.08. The lowest BCUT2D eigenvalue weighted by Gasteiger charge is -2.34. The number of aliphatic hydroxyl groups is 1. The van der Waals surface area contributed by atoms with Crippen molar-refractivity contribution in [2.75, 3.05) is 0 Å². The molecule has 3 atom stereocenters. The first kappa shape index (κ1) is 13.3. The van der Waals surface area contributed by atoms with Crippen molar-refractivity contribution in [2.24, 2.45) is 0 Å². The topological polar surface area (TPSA) is 38.7 Å². The number of ether oxygens (including phenoxy) is 2. The van der Waals surface area contributed by atoms with Gasteiger partial charge in [-0.15, -0.1) is 0 Å². The van der Waals surface area contributed by atoms with E-state index in [4.69, 9.17) is 9.47 Å². The molecule has 0 bridgehead atoms.